The van der Waals surface area contributed by atoms with Crippen molar-refractivity contribution in [1.29, 1.82) is 0 Å². The summed E-state index contributed by atoms with van der Waals surface area (Å²) < 4.78 is 0. The number of carbonyl (C=O) groups excluding carboxylic acids is 1. The number of amides is 1. The molecule has 2 atom stereocenters. The van der Waals surface area contributed by atoms with Gasteiger partial charge in [0.2, 0.25) is 0 Å². The molecular weight excluding hydrogens is 250 g/mol. The number of rotatable bonds is 1. The van der Waals surface area contributed by atoms with Gasteiger partial charge in [0.15, 0.2) is 0 Å². The van der Waals surface area contributed by atoms with E-state index in [9.17, 15) is 4.79 Å². The molecule has 1 saturated heterocycles. The number of aliphatic hydroxyl groups excluding tert-OH is 1. The molecular formula is C17H21NO2. The highest BCUT2D eigenvalue weighted by molar-refractivity contribution is 5.97. The highest BCUT2D eigenvalue weighted by Gasteiger charge is 2.30. The predicted molar refractivity (Wildman–Crippen MR) is 79.4 cm³/mol. The molecule has 1 amide bonds. The highest BCUT2D eigenvalue weighted by Crippen LogP contribution is 2.24. The van der Waals surface area contributed by atoms with Crippen molar-refractivity contribution < 1.29 is 9.90 Å². The first-order valence-corrected chi connectivity index (χ1v) is 7.02. The van der Waals surface area contributed by atoms with Crippen LogP contribution in [0.15, 0.2) is 18.2 Å². The minimum absolute atomic E-state index is 0.0483. The topological polar surface area (TPSA) is 40.5 Å². The van der Waals surface area contributed by atoms with Crippen molar-refractivity contribution >= 4 is 5.91 Å². The molecule has 3 heteroatoms. The van der Waals surface area contributed by atoms with Crippen LogP contribution in [-0.2, 0) is 0 Å². The van der Waals surface area contributed by atoms with Gasteiger partial charge in [-0.05, 0) is 30.9 Å². The van der Waals surface area contributed by atoms with Gasteiger partial charge in [-0.25, -0.2) is 0 Å². The zero-order chi connectivity index (χ0) is 14.7. The van der Waals surface area contributed by atoms with Gasteiger partial charge in [-0.15, -0.1) is 0 Å². The molecule has 1 aliphatic rings. The van der Waals surface area contributed by atoms with Crippen LogP contribution in [0.4, 0.5) is 0 Å². The van der Waals surface area contributed by atoms with Crippen LogP contribution in [0.25, 0.3) is 0 Å². The number of aryl methyl sites for hydroxylation is 1. The molecule has 0 saturated carbocycles. The van der Waals surface area contributed by atoms with Crippen LogP contribution in [0.5, 0.6) is 0 Å². The van der Waals surface area contributed by atoms with E-state index in [0.29, 0.717) is 23.0 Å². The summed E-state index contributed by atoms with van der Waals surface area (Å²) in [6.45, 7) is 7.75. The Balaban J connectivity index is 2.31. The zero-order valence-corrected chi connectivity index (χ0v) is 12.3. The van der Waals surface area contributed by atoms with Crippen LogP contribution in [-0.4, -0.2) is 35.6 Å². The summed E-state index contributed by atoms with van der Waals surface area (Å²) in [6, 6.07) is 5.68. The summed E-state index contributed by atoms with van der Waals surface area (Å²) in [5.41, 5.74) is 2.39. The minimum Gasteiger partial charge on any atom is -0.384 e. The number of carbonyl (C=O) groups is 1. The molecule has 1 N–H and O–H groups in total. The third-order valence-corrected chi connectivity index (χ3v) is 3.98. The van der Waals surface area contributed by atoms with Crippen LogP contribution < -0.4 is 0 Å². The molecule has 20 heavy (non-hydrogen) atoms. The van der Waals surface area contributed by atoms with Crippen LogP contribution >= 0.6 is 0 Å². The molecule has 0 bridgehead atoms. The third-order valence-electron chi connectivity index (χ3n) is 3.98. The maximum absolute atomic E-state index is 12.7. The minimum atomic E-state index is -0.195. The zero-order valence-electron chi connectivity index (χ0n) is 12.3. The average molecular weight is 271 g/mol. The lowest BCUT2D eigenvalue weighted by molar-refractivity contribution is 0.0784. The average Bonchev–Trinajstić information content (AvgIpc) is 2.76. The quantitative estimate of drug-likeness (QED) is 0.794. The molecule has 0 radical (unpaired) electrons. The summed E-state index contributed by atoms with van der Waals surface area (Å²) in [6.07, 6.45) is 0. The first kappa shape index (κ1) is 14.6. The van der Waals surface area contributed by atoms with E-state index in [1.165, 1.54) is 0 Å². The largest absolute Gasteiger partial charge is 0.384 e. The summed E-state index contributed by atoms with van der Waals surface area (Å²) in [5.74, 6) is 6.62. The Kier molecular flexibility index (Phi) is 4.46. The van der Waals surface area contributed by atoms with Crippen LogP contribution in [0, 0.1) is 30.6 Å². The van der Waals surface area contributed by atoms with Gasteiger partial charge in [-0.1, -0.05) is 37.3 Å². The van der Waals surface area contributed by atoms with Gasteiger partial charge >= 0.3 is 0 Å². The molecule has 3 nitrogen and oxygen atoms in total. The van der Waals surface area contributed by atoms with Crippen molar-refractivity contribution in [3.05, 3.63) is 34.9 Å². The molecule has 0 aliphatic carbocycles. The van der Waals surface area contributed by atoms with E-state index in [4.69, 9.17) is 5.11 Å². The fourth-order valence-corrected chi connectivity index (χ4v) is 2.54. The second kappa shape index (κ2) is 6.11. The van der Waals surface area contributed by atoms with E-state index < -0.39 is 0 Å². The van der Waals surface area contributed by atoms with Gasteiger partial charge < -0.3 is 10.0 Å². The summed E-state index contributed by atoms with van der Waals surface area (Å²) in [7, 11) is 0. The fourth-order valence-electron chi connectivity index (χ4n) is 2.54. The lowest BCUT2D eigenvalue weighted by atomic mass is 10.0. The normalized spacial score (nSPS) is 21.5. The number of likely N-dealkylation sites (tertiary alicyclic amines) is 1. The molecule has 1 heterocycles. The summed E-state index contributed by atoms with van der Waals surface area (Å²) >= 11 is 0. The van der Waals surface area contributed by atoms with Crippen molar-refractivity contribution in [2.24, 2.45) is 11.8 Å². The fraction of sp³-hybridized carbons (Fsp3) is 0.471. The van der Waals surface area contributed by atoms with E-state index >= 15 is 0 Å². The smallest absolute Gasteiger partial charge is 0.255 e. The van der Waals surface area contributed by atoms with Crippen molar-refractivity contribution in [3.63, 3.8) is 0 Å². The molecule has 1 aromatic carbocycles. The first-order chi connectivity index (χ1) is 9.52. The summed E-state index contributed by atoms with van der Waals surface area (Å²) in [5, 5.41) is 8.82. The van der Waals surface area contributed by atoms with Crippen LogP contribution in [0.2, 0.25) is 0 Å². The Morgan fingerprint density at radius 1 is 1.35 bits per heavy atom. The lowest BCUT2D eigenvalue weighted by Gasteiger charge is -2.17. The van der Waals surface area contributed by atoms with Gasteiger partial charge in [0.25, 0.3) is 5.91 Å². The number of aliphatic hydroxyl groups is 1. The van der Waals surface area contributed by atoms with E-state index in [1.807, 2.05) is 30.0 Å². The SMILES string of the molecule is Cc1ccc(C#CCO)c(C(=O)N2CC(C)C(C)C2)c1. The van der Waals surface area contributed by atoms with Crippen molar-refractivity contribution in [2.75, 3.05) is 19.7 Å². The lowest BCUT2D eigenvalue weighted by Crippen LogP contribution is -2.29. The Labute approximate surface area is 120 Å². The monoisotopic (exact) mass is 271 g/mol. The Hall–Kier alpha value is -1.79. The Morgan fingerprint density at radius 2 is 2.00 bits per heavy atom. The molecule has 1 aliphatic heterocycles. The number of hydrogen-bond acceptors (Lipinski definition) is 2. The standard InChI is InChI=1S/C17H21NO2/c1-12-6-7-15(5-4-8-19)16(9-12)17(20)18-10-13(2)14(3)11-18/h6-7,9,13-14,19H,8,10-11H2,1-3H3. The van der Waals surface area contributed by atoms with Crippen molar-refractivity contribution in [1.82, 2.24) is 4.90 Å². The molecule has 2 unspecified atom stereocenters. The Morgan fingerprint density at radius 3 is 2.60 bits per heavy atom. The highest BCUT2D eigenvalue weighted by atomic mass is 16.2. The molecule has 0 aromatic heterocycles. The van der Waals surface area contributed by atoms with Gasteiger partial charge in [-0.3, -0.25) is 4.79 Å². The molecule has 2 rings (SSSR count). The molecule has 0 spiro atoms. The second-order valence-electron chi connectivity index (χ2n) is 5.67. The maximum Gasteiger partial charge on any atom is 0.255 e. The van der Waals surface area contributed by atoms with Gasteiger partial charge in [0.05, 0.1) is 5.56 Å². The van der Waals surface area contributed by atoms with Gasteiger partial charge in [0.1, 0.15) is 6.61 Å². The van der Waals surface area contributed by atoms with Gasteiger partial charge in [0, 0.05) is 18.7 Å². The van der Waals surface area contributed by atoms with Crippen LogP contribution in [0.3, 0.4) is 0 Å². The predicted octanol–water partition coefficient (Wildman–Crippen LogP) is 2.07. The first-order valence-electron chi connectivity index (χ1n) is 7.02. The van der Waals surface area contributed by atoms with E-state index in [2.05, 4.69) is 25.7 Å². The molecule has 1 fully saturated rings. The van der Waals surface area contributed by atoms with E-state index in [1.54, 1.807) is 0 Å². The number of nitrogens with zero attached hydrogens (tertiary/aromatic N) is 1. The van der Waals surface area contributed by atoms with Crippen molar-refractivity contribution in [3.8, 4) is 11.8 Å². The van der Waals surface area contributed by atoms with Gasteiger partial charge in [-0.2, -0.15) is 0 Å². The van der Waals surface area contributed by atoms with Crippen LogP contribution in [0.1, 0.15) is 35.3 Å². The number of benzene rings is 1. The van der Waals surface area contributed by atoms with E-state index in [-0.39, 0.29) is 12.5 Å². The van der Waals surface area contributed by atoms with E-state index in [0.717, 1.165) is 18.7 Å². The van der Waals surface area contributed by atoms with Crippen molar-refractivity contribution in [2.45, 2.75) is 20.8 Å². The summed E-state index contributed by atoms with van der Waals surface area (Å²) in [4.78, 5) is 14.6. The number of hydrogen-bond donors (Lipinski definition) is 1. The maximum atomic E-state index is 12.7. The molecule has 106 valence electrons. The second-order valence-corrected chi connectivity index (χ2v) is 5.67. The third kappa shape index (κ3) is 3.02. The molecule has 1 aromatic rings. The Bertz CT molecular complexity index is 558.